The smallest absolute Gasteiger partial charge is 0.335 e. The fourth-order valence-electron chi connectivity index (χ4n) is 2.11. The Bertz CT molecular complexity index is 845. The van der Waals surface area contributed by atoms with E-state index in [9.17, 15) is 14.4 Å². The van der Waals surface area contributed by atoms with E-state index in [0.717, 1.165) is 3.79 Å². The highest BCUT2D eigenvalue weighted by molar-refractivity contribution is 9.11. The number of benzene rings is 1. The Hall–Kier alpha value is -2.19. The molecule has 0 atom stereocenters. The molecule has 0 unspecified atom stereocenters. The van der Waals surface area contributed by atoms with Crippen molar-refractivity contribution in [2.45, 2.75) is 26.3 Å². The lowest BCUT2D eigenvalue weighted by Gasteiger charge is -2.25. The largest absolute Gasteiger partial charge is 0.478 e. The zero-order chi connectivity index (χ0) is 18.8. The molecule has 0 aliphatic rings. The molecule has 0 aliphatic heterocycles. The molecular weight excluding hydrogens is 408 g/mol. The number of hydrogen-bond donors (Lipinski definition) is 3. The van der Waals surface area contributed by atoms with Gasteiger partial charge in [0.05, 0.1) is 14.2 Å². The summed E-state index contributed by atoms with van der Waals surface area (Å²) >= 11 is 4.57. The summed E-state index contributed by atoms with van der Waals surface area (Å²) in [6, 6.07) is 7.96. The minimum atomic E-state index is -1.15. The van der Waals surface area contributed by atoms with Gasteiger partial charge in [-0.25, -0.2) is 4.79 Å². The van der Waals surface area contributed by atoms with Gasteiger partial charge < -0.3 is 15.7 Å². The highest BCUT2D eigenvalue weighted by atomic mass is 79.9. The second-order valence-corrected chi connectivity index (χ2v) is 8.43. The summed E-state index contributed by atoms with van der Waals surface area (Å²) < 4.78 is 0.828. The van der Waals surface area contributed by atoms with Crippen molar-refractivity contribution in [2.75, 3.05) is 5.32 Å². The van der Waals surface area contributed by atoms with Crippen LogP contribution in [-0.4, -0.2) is 28.4 Å². The monoisotopic (exact) mass is 424 g/mol. The summed E-state index contributed by atoms with van der Waals surface area (Å²) in [6.45, 7) is 4.85. The number of amides is 2. The topological polar surface area (TPSA) is 95.5 Å². The summed E-state index contributed by atoms with van der Waals surface area (Å²) in [6.07, 6.45) is 0. The molecule has 0 radical (unpaired) electrons. The first-order chi connectivity index (χ1) is 11.6. The molecule has 2 amide bonds. The van der Waals surface area contributed by atoms with E-state index in [1.54, 1.807) is 39.0 Å². The maximum atomic E-state index is 12.5. The van der Waals surface area contributed by atoms with Crippen molar-refractivity contribution in [2.24, 2.45) is 0 Å². The number of anilines is 1. The number of carboxylic acids is 1. The first-order valence-corrected chi connectivity index (χ1v) is 8.94. The van der Waals surface area contributed by atoms with Gasteiger partial charge in [-0.05, 0) is 72.6 Å². The number of carbonyl (C=O) groups excluding carboxylic acids is 2. The fourth-order valence-corrected chi connectivity index (χ4v) is 3.39. The van der Waals surface area contributed by atoms with Crippen LogP contribution in [0, 0.1) is 6.92 Å². The van der Waals surface area contributed by atoms with Crippen LogP contribution in [0.15, 0.2) is 34.1 Å². The second kappa shape index (κ2) is 7.37. The van der Waals surface area contributed by atoms with Crippen molar-refractivity contribution < 1.29 is 19.5 Å². The maximum Gasteiger partial charge on any atom is 0.335 e. The lowest BCUT2D eigenvalue weighted by molar-refractivity contribution is -0.120. The third kappa shape index (κ3) is 4.67. The molecule has 132 valence electrons. The number of nitrogens with one attached hydrogen (secondary N) is 2. The fraction of sp³-hybridized carbons (Fsp3) is 0.235. The van der Waals surface area contributed by atoms with Crippen molar-refractivity contribution in [1.82, 2.24) is 5.32 Å². The van der Waals surface area contributed by atoms with Crippen molar-refractivity contribution in [3.63, 3.8) is 0 Å². The number of aromatic carboxylic acids is 1. The summed E-state index contributed by atoms with van der Waals surface area (Å²) in [4.78, 5) is 36.3. The van der Waals surface area contributed by atoms with Gasteiger partial charge in [-0.15, -0.1) is 11.3 Å². The number of rotatable bonds is 5. The Kier molecular flexibility index (Phi) is 5.64. The van der Waals surface area contributed by atoms with Crippen molar-refractivity contribution in [1.29, 1.82) is 0 Å². The summed E-state index contributed by atoms with van der Waals surface area (Å²) in [5.41, 5.74) is 0.0329. The van der Waals surface area contributed by atoms with E-state index in [1.165, 1.54) is 23.5 Å². The van der Waals surface area contributed by atoms with Crippen LogP contribution in [0.1, 0.15) is 39.4 Å². The van der Waals surface area contributed by atoms with Gasteiger partial charge in [-0.1, -0.05) is 0 Å². The normalized spacial score (nSPS) is 11.0. The molecule has 0 spiro atoms. The number of carboxylic acid groups (broad SMARTS) is 1. The van der Waals surface area contributed by atoms with Crippen LogP contribution < -0.4 is 10.6 Å². The molecular formula is C17H17BrN2O4S. The molecule has 2 rings (SSSR count). The van der Waals surface area contributed by atoms with E-state index in [0.29, 0.717) is 16.1 Å². The Morgan fingerprint density at radius 3 is 2.36 bits per heavy atom. The molecule has 3 N–H and O–H groups in total. The van der Waals surface area contributed by atoms with Gasteiger partial charge in [0.2, 0.25) is 5.91 Å². The Morgan fingerprint density at radius 2 is 1.84 bits per heavy atom. The lowest BCUT2D eigenvalue weighted by Crippen LogP contribution is -2.52. The van der Waals surface area contributed by atoms with Crippen LogP contribution in [0.4, 0.5) is 5.69 Å². The number of hydrogen-bond acceptors (Lipinski definition) is 4. The molecule has 8 heteroatoms. The Balaban J connectivity index is 2.09. The molecule has 1 heterocycles. The zero-order valence-corrected chi connectivity index (χ0v) is 16.2. The third-order valence-electron chi connectivity index (χ3n) is 3.51. The molecule has 25 heavy (non-hydrogen) atoms. The van der Waals surface area contributed by atoms with Crippen LogP contribution in [0.3, 0.4) is 0 Å². The molecule has 0 aliphatic carbocycles. The van der Waals surface area contributed by atoms with Gasteiger partial charge in [-0.2, -0.15) is 0 Å². The SMILES string of the molecule is Cc1cc(NC(=O)C(C)(C)NC(=O)c2ccc(Br)s2)ccc1C(=O)O. The Labute approximate surface area is 157 Å². The molecule has 6 nitrogen and oxygen atoms in total. The lowest BCUT2D eigenvalue weighted by atomic mass is 10.0. The minimum absolute atomic E-state index is 0.175. The van der Waals surface area contributed by atoms with Crippen molar-refractivity contribution in [3.05, 3.63) is 50.1 Å². The van der Waals surface area contributed by atoms with Gasteiger partial charge in [-0.3, -0.25) is 9.59 Å². The van der Waals surface area contributed by atoms with Crippen LogP contribution in [0.2, 0.25) is 0 Å². The van der Waals surface area contributed by atoms with E-state index in [4.69, 9.17) is 5.11 Å². The zero-order valence-electron chi connectivity index (χ0n) is 13.8. The number of halogens is 1. The van der Waals surface area contributed by atoms with Crippen LogP contribution in [0.5, 0.6) is 0 Å². The molecule has 1 aromatic heterocycles. The molecule has 0 bridgehead atoms. The van der Waals surface area contributed by atoms with E-state index in [1.807, 2.05) is 0 Å². The van der Waals surface area contributed by atoms with E-state index in [-0.39, 0.29) is 11.5 Å². The number of thiophene rings is 1. The van der Waals surface area contributed by atoms with Crippen LogP contribution in [0.25, 0.3) is 0 Å². The van der Waals surface area contributed by atoms with Gasteiger partial charge >= 0.3 is 5.97 Å². The maximum absolute atomic E-state index is 12.5. The van der Waals surface area contributed by atoms with Crippen molar-refractivity contribution >= 4 is 50.7 Å². The van der Waals surface area contributed by atoms with E-state index in [2.05, 4.69) is 26.6 Å². The first kappa shape index (κ1) is 19.1. The van der Waals surface area contributed by atoms with Crippen LogP contribution >= 0.6 is 27.3 Å². The molecule has 2 aromatic rings. The summed E-state index contributed by atoms with van der Waals surface area (Å²) in [7, 11) is 0. The van der Waals surface area contributed by atoms with E-state index >= 15 is 0 Å². The second-order valence-electron chi connectivity index (χ2n) is 5.97. The summed E-state index contributed by atoms with van der Waals surface area (Å²) in [5, 5.41) is 14.4. The average molecular weight is 425 g/mol. The Morgan fingerprint density at radius 1 is 1.16 bits per heavy atom. The molecule has 0 fully saturated rings. The quantitative estimate of drug-likeness (QED) is 0.681. The average Bonchev–Trinajstić information content (AvgIpc) is 2.93. The van der Waals surface area contributed by atoms with Gasteiger partial charge in [0.25, 0.3) is 5.91 Å². The molecule has 0 saturated carbocycles. The molecule has 1 aromatic carbocycles. The van der Waals surface area contributed by atoms with Gasteiger partial charge in [0.15, 0.2) is 0 Å². The van der Waals surface area contributed by atoms with Gasteiger partial charge in [0.1, 0.15) is 5.54 Å². The third-order valence-corrected chi connectivity index (χ3v) is 5.13. The molecule has 0 saturated heterocycles. The highest BCUT2D eigenvalue weighted by Gasteiger charge is 2.30. The first-order valence-electron chi connectivity index (χ1n) is 7.33. The minimum Gasteiger partial charge on any atom is -0.478 e. The van der Waals surface area contributed by atoms with E-state index < -0.39 is 17.4 Å². The predicted molar refractivity (Wildman–Crippen MR) is 100 cm³/mol. The predicted octanol–water partition coefficient (Wildman–Crippen LogP) is 3.66. The van der Waals surface area contributed by atoms with Gasteiger partial charge in [0, 0.05) is 5.69 Å². The highest BCUT2D eigenvalue weighted by Crippen LogP contribution is 2.23. The standard InChI is InChI=1S/C17H17BrN2O4S/c1-9-8-10(4-5-11(9)15(22)23)19-16(24)17(2,3)20-14(21)12-6-7-13(18)25-12/h4-8H,1-3H3,(H,19,24)(H,20,21)(H,22,23). The number of carbonyl (C=O) groups is 3. The number of aryl methyl sites for hydroxylation is 1. The van der Waals surface area contributed by atoms with Crippen LogP contribution in [-0.2, 0) is 4.79 Å². The summed E-state index contributed by atoms with van der Waals surface area (Å²) in [5.74, 6) is -1.77. The van der Waals surface area contributed by atoms with Crippen molar-refractivity contribution in [3.8, 4) is 0 Å².